The summed E-state index contributed by atoms with van der Waals surface area (Å²) in [5.74, 6) is 0.484. The highest BCUT2D eigenvalue weighted by molar-refractivity contribution is 5.81. The lowest BCUT2D eigenvalue weighted by molar-refractivity contribution is -0.239. The second-order valence-corrected chi connectivity index (χ2v) is 34.0. The Bertz CT molecular complexity index is 4220. The zero-order chi connectivity index (χ0) is 105. The largest absolute Gasteiger partial charge is 0.463 e. The maximum absolute atomic E-state index is 12.0. The van der Waals surface area contributed by atoms with Gasteiger partial charge in [-0.2, -0.15) is 0 Å². The maximum atomic E-state index is 12.0. The van der Waals surface area contributed by atoms with E-state index in [0.29, 0.717) is 19.3 Å². The summed E-state index contributed by atoms with van der Waals surface area (Å²) in [5.41, 5.74) is 24.8. The fourth-order valence-corrected chi connectivity index (χ4v) is 15.6. The molecule has 138 heavy (non-hydrogen) atoms. The van der Waals surface area contributed by atoms with Crippen LogP contribution in [0, 0.1) is 102 Å². The van der Waals surface area contributed by atoms with Gasteiger partial charge in [0.25, 0.3) is 0 Å². The lowest BCUT2D eigenvalue weighted by atomic mass is 9.81. The third-order valence-corrected chi connectivity index (χ3v) is 23.9. The number of carbonyl (C=O) groups is 16. The van der Waals surface area contributed by atoms with Crippen molar-refractivity contribution in [1.82, 2.24) is 31.9 Å². The molecule has 47 heteroatoms. The van der Waals surface area contributed by atoms with Crippen molar-refractivity contribution in [3.63, 3.8) is 0 Å². The van der Waals surface area contributed by atoms with Gasteiger partial charge in [0, 0.05) is 128 Å². The summed E-state index contributed by atoms with van der Waals surface area (Å²) < 4.78 is 85.9. The Balaban J connectivity index is 0.000000829. The van der Waals surface area contributed by atoms with Gasteiger partial charge in [0.15, 0.2) is 0 Å². The Morgan fingerprint density at radius 2 is 0.493 bits per heavy atom. The van der Waals surface area contributed by atoms with Gasteiger partial charge >= 0.3 is 59.7 Å². The highest BCUT2D eigenvalue weighted by atomic mass is 16.7. The van der Waals surface area contributed by atoms with Crippen LogP contribution in [0.5, 0.6) is 0 Å². The van der Waals surface area contributed by atoms with Crippen LogP contribution in [0.15, 0.2) is 15.3 Å². The number of amides is 6. The number of esters is 10. The van der Waals surface area contributed by atoms with E-state index in [0.717, 1.165) is 12.8 Å². The average Bonchev–Trinajstić information content (AvgIpc) is 1.06. The number of hydrogen-bond acceptors (Lipinski definition) is 35. The Kier molecular flexibility index (Phi) is 58.2. The van der Waals surface area contributed by atoms with Crippen LogP contribution >= 0.6 is 0 Å². The first kappa shape index (κ1) is 124. The molecule has 6 fully saturated rings. The predicted octanol–water partition coefficient (Wildman–Crippen LogP) is 7.23. The minimum atomic E-state index is -1.02. The second kappa shape index (κ2) is 64.9. The van der Waals surface area contributed by atoms with E-state index in [1.807, 2.05) is 90.0 Å². The molecule has 6 heterocycles. The van der Waals surface area contributed by atoms with Crippen molar-refractivity contribution in [1.29, 1.82) is 0 Å². The maximum Gasteiger partial charge on any atom is 0.305 e. The third-order valence-electron chi connectivity index (χ3n) is 23.9. The number of ether oxygens (including phenoxy) is 16. The number of azide groups is 3. The standard InChI is InChI=1S/2C17H25NO6.C16H25NO4.2C14H22N4O6.C13H22N4O4/c1-6-7-8-15(21)18-16-10(2)17(24-13(5)20)14(23-11(16)3)9-22-12(4)19;1-6-7-8-15(21)18-16-11(3)10(2)14(9-22-12(4)19)24-17(16)23-13(5)20;1-6-8-9-14(19)17-15-11(4)10(3)13(7-2)21-16(15)20-12(5)18;2*1-7-8(2)13(17-12(21)5-16-18-15)14(23-10(4)20)24-11(7)6-22-9(3)19;1-5-10-7(2)8(3)12(13(21-10)20-9(4)18)16-11(19)6-15-17-14/h2*1,10-11,14,16-17H,7-9H2,2-5H3,(H,18,21);1,10-11,13,15-16H,7-9H2,2-5H3,(H,17,19);2*7-8,11,13-14H,5-6H2,1-4H3,(H,17,21);7-8,10,12-13H,5-6H2,1-4H3,(H,16,19)/t10?,11-,14?,16-,17+;10-,11?,14?,16-,17+;10-,11?,13?,15+,16+;7-,8?,11?,13+,14-;7-,8?,11?,13-,14+;7-,8?,10?,12+,13+/m000100/s1. The second-order valence-electron chi connectivity index (χ2n) is 34.0. The van der Waals surface area contributed by atoms with Gasteiger partial charge in [0.2, 0.25) is 66.9 Å². The molecule has 6 aliphatic rings. The van der Waals surface area contributed by atoms with Gasteiger partial charge in [-0.15, -0.1) is 37.0 Å². The SMILES string of the molecule is C#CCCC(=O)N[C@@H]1C(C)[C@H](C)C(CC)O[C@H]1OC(C)=O.C#CCCC(=O)N[C@H]1C(C)[C@@H](OC(C)=O)C(COC(C)=O)O[C@H]1C.C#CCCC(=O)N[C@H]1C(C)[C@H](C)C(COC(C)=O)O[C@H]1OC(C)=O.CC(=O)OCC1O[C@@H](OC(C)=O)[C@@H](NC(=O)CN=[N+]=[N-])C(C)[C@@H]1C.CC(=O)OCC1O[C@@H](OC(C)=O)[C@@H](NC(=O)CN=[N+]=[N-])C(C)[C@H]1C.CCC1O[C@@H](OC(C)=O)[C@H](NC(=O)CN=[N+]=[N-])C(C)[C@@H]1C. The van der Waals surface area contributed by atoms with Crippen LogP contribution in [0.25, 0.3) is 31.3 Å². The smallest absolute Gasteiger partial charge is 0.305 e. The monoisotopic (exact) mass is 1960 g/mol. The number of nitrogens with one attached hydrogen (secondary N) is 6. The number of terminal acetylenes is 3. The Labute approximate surface area is 805 Å². The lowest BCUT2D eigenvalue weighted by Gasteiger charge is -2.44. The molecule has 0 aromatic carbocycles. The molecule has 0 aromatic heterocycles. The molecular formula is C91H141N15O32. The molecule has 0 aliphatic carbocycles. The van der Waals surface area contributed by atoms with Crippen molar-refractivity contribution in [3.8, 4) is 37.0 Å². The van der Waals surface area contributed by atoms with Crippen LogP contribution in [0.3, 0.4) is 0 Å². The van der Waals surface area contributed by atoms with Crippen molar-refractivity contribution in [2.75, 3.05) is 46.1 Å². The number of rotatable bonds is 34. The van der Waals surface area contributed by atoms with E-state index < -0.39 is 164 Å². The summed E-state index contributed by atoms with van der Waals surface area (Å²) in [5, 5.41) is 26.3. The molecule has 6 rings (SSSR count). The Hall–Kier alpha value is -12.1. The fraction of sp³-hybridized carbons (Fsp3) is 0.758. The van der Waals surface area contributed by atoms with Gasteiger partial charge in [-0.25, -0.2) is 0 Å². The van der Waals surface area contributed by atoms with E-state index >= 15 is 0 Å². The lowest BCUT2D eigenvalue weighted by Crippen LogP contribution is -2.60. The highest BCUT2D eigenvalue weighted by Crippen LogP contribution is 2.38. The van der Waals surface area contributed by atoms with E-state index in [1.54, 1.807) is 0 Å². The molecule has 47 nitrogen and oxygen atoms in total. The summed E-state index contributed by atoms with van der Waals surface area (Å²) in [6, 6.07) is -2.88. The number of nitrogens with zero attached hydrogens (tertiary/aromatic N) is 9. The van der Waals surface area contributed by atoms with Crippen LogP contribution < -0.4 is 31.9 Å². The molecule has 0 spiro atoms. The first-order valence-electron chi connectivity index (χ1n) is 45.4. The van der Waals surface area contributed by atoms with E-state index in [-0.39, 0.29) is 179 Å². The van der Waals surface area contributed by atoms with Crippen molar-refractivity contribution in [2.24, 2.45) is 80.4 Å². The Morgan fingerprint density at radius 3 is 0.703 bits per heavy atom. The van der Waals surface area contributed by atoms with Crippen LogP contribution in [-0.2, 0) is 153 Å². The first-order valence-corrected chi connectivity index (χ1v) is 45.4. The summed E-state index contributed by atoms with van der Waals surface area (Å²) in [7, 11) is 0. The molecular weight excluding hydrogens is 1820 g/mol. The van der Waals surface area contributed by atoms with Gasteiger partial charge in [-0.05, 0) is 95.5 Å². The fourth-order valence-electron chi connectivity index (χ4n) is 15.6. The molecule has 6 amide bonds. The van der Waals surface area contributed by atoms with Crippen LogP contribution in [-0.4, -0.2) is 258 Å². The van der Waals surface area contributed by atoms with Gasteiger partial charge in [0.1, 0.15) is 58.3 Å². The molecule has 6 saturated heterocycles. The van der Waals surface area contributed by atoms with E-state index in [2.05, 4.69) is 86.7 Å². The molecule has 6 N–H and O–H groups in total. The van der Waals surface area contributed by atoms with E-state index in [1.165, 1.54) is 69.2 Å². The molecule has 12 unspecified atom stereocenters. The molecule has 0 aromatic rings. The zero-order valence-electron chi connectivity index (χ0n) is 83.2. The van der Waals surface area contributed by atoms with Gasteiger partial charge in [0.05, 0.1) is 72.9 Å². The van der Waals surface area contributed by atoms with Gasteiger partial charge in [-0.3, -0.25) is 76.7 Å². The zero-order valence-corrected chi connectivity index (χ0v) is 83.2. The topological polar surface area (TPSA) is 639 Å². The molecule has 0 bridgehead atoms. The average molecular weight is 1960 g/mol. The third kappa shape index (κ3) is 45.0. The Morgan fingerprint density at radius 1 is 0.283 bits per heavy atom. The molecule has 772 valence electrons. The predicted molar refractivity (Wildman–Crippen MR) is 488 cm³/mol. The number of carbonyl (C=O) groups excluding carboxylic acids is 16. The van der Waals surface area contributed by atoms with Crippen molar-refractivity contribution in [2.45, 2.75) is 334 Å². The summed E-state index contributed by atoms with van der Waals surface area (Å²) >= 11 is 0. The molecule has 6 aliphatic heterocycles. The molecule has 0 radical (unpaired) electrons. The first-order chi connectivity index (χ1) is 64.8. The van der Waals surface area contributed by atoms with Gasteiger partial charge < -0.3 is 108 Å². The minimum absolute atomic E-state index is 0.0142. The summed E-state index contributed by atoms with van der Waals surface area (Å²) in [6.45, 7) is 39.1. The molecule has 30 atom stereocenters. The normalized spacial score (nSPS) is 30.0. The quantitative estimate of drug-likeness (QED) is 0.00923. The summed E-state index contributed by atoms with van der Waals surface area (Å²) in [6.07, 6.45) is 11.4. The van der Waals surface area contributed by atoms with Gasteiger partial charge in [-0.1, -0.05) is 105 Å². The van der Waals surface area contributed by atoms with E-state index in [4.69, 9.17) is 112 Å². The van der Waals surface area contributed by atoms with Crippen molar-refractivity contribution < 1.29 is 153 Å². The highest BCUT2D eigenvalue weighted by Gasteiger charge is 2.51. The van der Waals surface area contributed by atoms with Crippen molar-refractivity contribution >= 4 is 95.1 Å². The van der Waals surface area contributed by atoms with Crippen LogP contribution in [0.4, 0.5) is 0 Å². The molecule has 0 saturated carbocycles. The van der Waals surface area contributed by atoms with Crippen LogP contribution in [0.1, 0.15) is 218 Å². The van der Waals surface area contributed by atoms with E-state index in [9.17, 15) is 76.7 Å². The van der Waals surface area contributed by atoms with Crippen molar-refractivity contribution in [3.05, 3.63) is 31.3 Å². The van der Waals surface area contributed by atoms with Crippen LogP contribution in [0.2, 0.25) is 0 Å². The summed E-state index contributed by atoms with van der Waals surface area (Å²) in [4.78, 5) is 191. The number of hydrogen-bond donors (Lipinski definition) is 6. The minimum Gasteiger partial charge on any atom is -0.463 e.